The van der Waals surface area contributed by atoms with Gasteiger partial charge in [-0.2, -0.15) is 25.8 Å². The van der Waals surface area contributed by atoms with E-state index >= 15 is 0 Å². The summed E-state index contributed by atoms with van der Waals surface area (Å²) in [4.78, 5) is 4.06. The Morgan fingerprint density at radius 2 is 2.08 bits per heavy atom. The van der Waals surface area contributed by atoms with Crippen LogP contribution in [0.4, 0.5) is 18.9 Å². The Morgan fingerprint density at radius 1 is 1.36 bits per heavy atom. The Bertz CT molecular complexity index is 833. The molecule has 0 radical (unpaired) electrons. The van der Waals surface area contributed by atoms with Crippen LogP contribution in [-0.2, 0) is 12.6 Å². The lowest BCUT2D eigenvalue weighted by Crippen LogP contribution is -2.26. The van der Waals surface area contributed by atoms with Crippen molar-refractivity contribution in [1.29, 1.82) is 5.41 Å². The second kappa shape index (κ2) is 7.82. The average Bonchev–Trinajstić information content (AvgIpc) is 2.55. The monoisotopic (exact) mass is 366 g/mol. The summed E-state index contributed by atoms with van der Waals surface area (Å²) < 4.78 is 40.5. The molecule has 0 fully saturated rings. The van der Waals surface area contributed by atoms with Crippen molar-refractivity contribution in [3.05, 3.63) is 53.1 Å². The van der Waals surface area contributed by atoms with Crippen LogP contribution < -0.4 is 16.3 Å². The number of nitrogens with zero attached hydrogens (tertiary/aromatic N) is 2. The summed E-state index contributed by atoms with van der Waals surface area (Å²) in [6, 6.07) is 6.95. The minimum Gasteiger partial charge on any atom is -0.379 e. The van der Waals surface area contributed by atoms with Crippen molar-refractivity contribution in [3.63, 3.8) is 0 Å². The fourth-order valence-electron chi connectivity index (χ4n) is 2.34. The number of hydrogen-bond acceptors (Lipinski definition) is 3. The predicted octanol–water partition coefficient (Wildman–Crippen LogP) is 1.80. The van der Waals surface area contributed by atoms with E-state index < -0.39 is 17.1 Å². The Hall–Kier alpha value is -2.16. The zero-order valence-electron chi connectivity index (χ0n) is 13.8. The molecule has 0 saturated carbocycles. The van der Waals surface area contributed by atoms with Gasteiger partial charge in [-0.05, 0) is 23.8 Å². The van der Waals surface area contributed by atoms with Gasteiger partial charge in [0.1, 0.15) is 13.3 Å². The van der Waals surface area contributed by atoms with Crippen molar-refractivity contribution in [3.8, 4) is 0 Å². The van der Waals surface area contributed by atoms with E-state index in [9.17, 15) is 13.2 Å². The molecule has 1 unspecified atom stereocenters. The molecular formula is C16H18BF3N4S. The number of alkyl halides is 3. The third-order valence-corrected chi connectivity index (χ3v) is 4.03. The van der Waals surface area contributed by atoms with Crippen LogP contribution in [-0.4, -0.2) is 25.8 Å². The molecule has 0 saturated heterocycles. The summed E-state index contributed by atoms with van der Waals surface area (Å²) in [5.74, 6) is 0. The number of benzene rings is 1. The van der Waals surface area contributed by atoms with Gasteiger partial charge in [-0.15, -0.1) is 0 Å². The maximum atomic E-state index is 12.9. The van der Waals surface area contributed by atoms with Gasteiger partial charge in [0.25, 0.3) is 0 Å². The van der Waals surface area contributed by atoms with Gasteiger partial charge in [0.2, 0.25) is 0 Å². The molecule has 0 aliphatic rings. The largest absolute Gasteiger partial charge is 0.416 e. The summed E-state index contributed by atoms with van der Waals surface area (Å²) in [6.07, 6.45) is -0.969. The maximum Gasteiger partial charge on any atom is 0.416 e. The zero-order valence-corrected chi connectivity index (χ0v) is 14.7. The highest BCUT2D eigenvalue weighted by atomic mass is 32.1. The number of thiol groups is 1. The van der Waals surface area contributed by atoms with Crippen molar-refractivity contribution < 1.29 is 13.2 Å². The molecule has 0 spiro atoms. The number of nitrogens with one attached hydrogen (secondary N) is 2. The van der Waals surface area contributed by atoms with Crippen molar-refractivity contribution in [2.45, 2.75) is 18.0 Å². The fourth-order valence-corrected chi connectivity index (χ4v) is 2.72. The lowest BCUT2D eigenvalue weighted by Gasteiger charge is -2.18. The second-order valence-electron chi connectivity index (χ2n) is 5.57. The molecule has 0 bridgehead atoms. The predicted molar refractivity (Wildman–Crippen MR) is 98.8 cm³/mol. The molecule has 2 aromatic rings. The quantitative estimate of drug-likeness (QED) is 0.321. The van der Waals surface area contributed by atoms with Crippen LogP contribution in [0.1, 0.15) is 16.5 Å². The normalized spacial score (nSPS) is 13.2. The van der Waals surface area contributed by atoms with E-state index in [4.69, 9.17) is 5.41 Å². The Balaban J connectivity index is 2.39. The van der Waals surface area contributed by atoms with Crippen LogP contribution in [0.15, 0.2) is 41.5 Å². The number of aliphatic imine (C=N–C) groups is 1. The molecule has 25 heavy (non-hydrogen) atoms. The molecule has 2 N–H and O–H groups in total. The van der Waals surface area contributed by atoms with E-state index in [2.05, 4.69) is 22.9 Å². The standard InChI is InChI=1S/C16H18BF3N4S/c1-22-9-23-13-7-11(16(18,19)20)3-2-10(13)6-15(25)24-8-12(17)4-5-14(24)21/h2-5,7-9,15,21,25H,6,17H2,1H3,(H,22,23). The van der Waals surface area contributed by atoms with Crippen LogP contribution in [0.3, 0.4) is 0 Å². The maximum absolute atomic E-state index is 12.9. The van der Waals surface area contributed by atoms with Gasteiger partial charge in [0.05, 0.1) is 23.0 Å². The number of aromatic nitrogens is 1. The third-order valence-electron chi connectivity index (χ3n) is 3.59. The van der Waals surface area contributed by atoms with Crippen molar-refractivity contribution in [2.75, 3.05) is 7.05 Å². The lowest BCUT2D eigenvalue weighted by atomic mass is 9.99. The van der Waals surface area contributed by atoms with Gasteiger partial charge in [-0.25, -0.2) is 4.99 Å². The highest BCUT2D eigenvalue weighted by Crippen LogP contribution is 2.34. The number of pyridine rings is 1. The molecule has 0 aliphatic carbocycles. The van der Waals surface area contributed by atoms with E-state index in [-0.39, 0.29) is 11.2 Å². The number of rotatable bonds is 5. The van der Waals surface area contributed by atoms with E-state index in [1.807, 2.05) is 13.9 Å². The minimum absolute atomic E-state index is 0.225. The van der Waals surface area contributed by atoms with Gasteiger partial charge >= 0.3 is 6.18 Å². The van der Waals surface area contributed by atoms with Gasteiger partial charge in [0.15, 0.2) is 0 Å². The Labute approximate surface area is 150 Å². The van der Waals surface area contributed by atoms with Gasteiger partial charge in [0, 0.05) is 19.7 Å². The Morgan fingerprint density at radius 3 is 2.72 bits per heavy atom. The van der Waals surface area contributed by atoms with Gasteiger partial charge < -0.3 is 9.88 Å². The molecule has 2 rings (SSSR count). The third kappa shape index (κ3) is 4.91. The highest BCUT2D eigenvalue weighted by Gasteiger charge is 2.31. The first-order valence-electron chi connectivity index (χ1n) is 7.53. The van der Waals surface area contributed by atoms with E-state index in [0.717, 1.165) is 17.6 Å². The second-order valence-corrected chi connectivity index (χ2v) is 6.17. The average molecular weight is 366 g/mol. The summed E-state index contributed by atoms with van der Waals surface area (Å²) in [5, 5.41) is 10.3. The summed E-state index contributed by atoms with van der Waals surface area (Å²) in [6.45, 7) is 0. The summed E-state index contributed by atoms with van der Waals surface area (Å²) in [7, 11) is 3.52. The fraction of sp³-hybridized carbons (Fsp3) is 0.250. The molecule has 1 aromatic heterocycles. The number of hydrogen-bond donors (Lipinski definition) is 3. The first-order valence-corrected chi connectivity index (χ1v) is 8.05. The van der Waals surface area contributed by atoms with Gasteiger partial charge in [-0.3, -0.25) is 5.41 Å². The first kappa shape index (κ1) is 19.2. The molecule has 0 amide bonds. The van der Waals surface area contributed by atoms with Crippen molar-refractivity contribution >= 4 is 38.0 Å². The van der Waals surface area contributed by atoms with Crippen LogP contribution >= 0.6 is 12.6 Å². The van der Waals surface area contributed by atoms with E-state index in [1.165, 1.54) is 12.4 Å². The smallest absolute Gasteiger partial charge is 0.379 e. The van der Waals surface area contributed by atoms with E-state index in [0.29, 0.717) is 12.0 Å². The Kier molecular flexibility index (Phi) is 6.00. The lowest BCUT2D eigenvalue weighted by molar-refractivity contribution is -0.137. The van der Waals surface area contributed by atoms with Gasteiger partial charge in [-0.1, -0.05) is 17.6 Å². The minimum atomic E-state index is -4.43. The molecular weight excluding hydrogens is 348 g/mol. The van der Waals surface area contributed by atoms with Crippen LogP contribution in [0, 0.1) is 5.41 Å². The highest BCUT2D eigenvalue weighted by molar-refractivity contribution is 7.80. The zero-order chi connectivity index (χ0) is 18.6. The van der Waals surface area contributed by atoms with Crippen LogP contribution in [0.25, 0.3) is 0 Å². The molecule has 132 valence electrons. The van der Waals surface area contributed by atoms with Crippen LogP contribution in [0.5, 0.6) is 0 Å². The van der Waals surface area contributed by atoms with Crippen LogP contribution in [0.2, 0.25) is 0 Å². The number of halogens is 3. The molecule has 4 nitrogen and oxygen atoms in total. The van der Waals surface area contributed by atoms with Crippen molar-refractivity contribution in [2.24, 2.45) is 4.99 Å². The topological polar surface area (TPSA) is 53.2 Å². The SMILES string of the molecule is Bc1ccc(=N)n(C(S)Cc2ccc(C(F)(F)F)cc2/N=C\NC)c1. The summed E-state index contributed by atoms with van der Waals surface area (Å²) in [5.41, 5.74) is 1.34. The van der Waals surface area contributed by atoms with Crippen molar-refractivity contribution in [1.82, 2.24) is 9.88 Å². The molecule has 1 atom stereocenters. The molecule has 1 heterocycles. The first-order chi connectivity index (χ1) is 11.7. The molecule has 0 aliphatic heterocycles. The van der Waals surface area contributed by atoms with E-state index in [1.54, 1.807) is 23.9 Å². The molecule has 1 aromatic carbocycles. The summed E-state index contributed by atoms with van der Waals surface area (Å²) >= 11 is 4.52. The molecule has 9 heteroatoms.